The van der Waals surface area contributed by atoms with E-state index in [1.54, 1.807) is 0 Å². The fraction of sp³-hybridized carbons (Fsp3) is 1.00. The highest BCUT2D eigenvalue weighted by molar-refractivity contribution is 5.13. The zero-order valence-corrected chi connectivity index (χ0v) is 5.66. The molecule has 3 heterocycles. The molecule has 5 atom stereocenters. The minimum absolute atomic E-state index is 0.0763. The van der Waals surface area contributed by atoms with E-state index in [-0.39, 0.29) is 6.10 Å². The van der Waals surface area contributed by atoms with Crippen LogP contribution in [-0.4, -0.2) is 35.5 Å². The van der Waals surface area contributed by atoms with E-state index in [0.717, 1.165) is 12.8 Å². The molecule has 0 aromatic heterocycles. The van der Waals surface area contributed by atoms with E-state index < -0.39 is 0 Å². The Bertz CT molecular complexity index is 157. The first-order chi connectivity index (χ1) is 4.84. The van der Waals surface area contributed by atoms with E-state index in [2.05, 4.69) is 5.32 Å². The molecular weight excluding hydrogens is 130 g/mol. The number of ether oxygens (including phenoxy) is 1. The van der Waals surface area contributed by atoms with Gasteiger partial charge in [0, 0.05) is 12.1 Å². The van der Waals surface area contributed by atoms with Crippen LogP contribution in [0.25, 0.3) is 0 Å². The van der Waals surface area contributed by atoms with Gasteiger partial charge in [0.1, 0.15) is 12.2 Å². The van der Waals surface area contributed by atoms with Gasteiger partial charge in [-0.05, 0) is 12.8 Å². The number of hydrogen-bond donors (Lipinski definition) is 2. The predicted molar refractivity (Wildman–Crippen MR) is 34.6 cm³/mol. The van der Waals surface area contributed by atoms with Gasteiger partial charge in [0.25, 0.3) is 0 Å². The molecule has 0 radical (unpaired) electrons. The second-order valence-corrected chi connectivity index (χ2v) is 3.57. The van der Waals surface area contributed by atoms with Crippen molar-refractivity contribution in [2.24, 2.45) is 0 Å². The number of rotatable bonds is 0. The number of nitrogens with one attached hydrogen (secondary N) is 1. The highest BCUT2D eigenvalue weighted by Gasteiger charge is 2.58. The van der Waals surface area contributed by atoms with E-state index >= 15 is 0 Å². The fourth-order valence-corrected chi connectivity index (χ4v) is 2.34. The fourth-order valence-electron chi connectivity index (χ4n) is 2.34. The van der Waals surface area contributed by atoms with Crippen LogP contribution in [0.1, 0.15) is 12.8 Å². The van der Waals surface area contributed by atoms with Crippen molar-refractivity contribution in [3.05, 3.63) is 0 Å². The van der Waals surface area contributed by atoms with Crippen LogP contribution in [-0.2, 0) is 4.74 Å². The number of hydrogen-bond acceptors (Lipinski definition) is 3. The summed E-state index contributed by atoms with van der Waals surface area (Å²) in [6.45, 7) is 0. The van der Waals surface area contributed by atoms with E-state index in [1.165, 1.54) is 0 Å². The standard InChI is InChI=1S/C7H11NO2/c9-3-1-4-6-7(10-6)5(2-3)8-4/h3-9H,1-2H2/t3?,4?,5?,6-,7+. The van der Waals surface area contributed by atoms with Crippen LogP contribution in [0.3, 0.4) is 0 Å². The molecular formula is C7H11NO2. The summed E-state index contributed by atoms with van der Waals surface area (Å²) in [7, 11) is 0. The van der Waals surface area contributed by atoms with Gasteiger partial charge in [-0.1, -0.05) is 0 Å². The lowest BCUT2D eigenvalue weighted by atomic mass is 10.0. The second-order valence-electron chi connectivity index (χ2n) is 3.57. The Morgan fingerprint density at radius 1 is 1.20 bits per heavy atom. The van der Waals surface area contributed by atoms with Gasteiger partial charge in [-0.25, -0.2) is 0 Å². The first-order valence-electron chi connectivity index (χ1n) is 3.94. The quantitative estimate of drug-likeness (QED) is 0.436. The lowest BCUT2D eigenvalue weighted by Gasteiger charge is -2.27. The van der Waals surface area contributed by atoms with E-state index in [0.29, 0.717) is 24.3 Å². The molecule has 0 aromatic carbocycles. The van der Waals surface area contributed by atoms with Crippen molar-refractivity contribution in [2.75, 3.05) is 0 Å². The normalized spacial score (nSPS) is 63.9. The number of morpholine rings is 1. The molecule has 0 aromatic rings. The van der Waals surface area contributed by atoms with Crippen molar-refractivity contribution in [2.45, 2.75) is 43.2 Å². The topological polar surface area (TPSA) is 44.8 Å². The summed E-state index contributed by atoms with van der Waals surface area (Å²) in [5.74, 6) is 0. The molecule has 3 nitrogen and oxygen atoms in total. The summed E-state index contributed by atoms with van der Waals surface area (Å²) in [6, 6.07) is 0.914. The summed E-state index contributed by atoms with van der Waals surface area (Å²) < 4.78 is 5.39. The molecule has 10 heavy (non-hydrogen) atoms. The van der Waals surface area contributed by atoms with Crippen molar-refractivity contribution >= 4 is 0 Å². The summed E-state index contributed by atoms with van der Waals surface area (Å²) in [4.78, 5) is 0. The van der Waals surface area contributed by atoms with Crippen molar-refractivity contribution in [3.63, 3.8) is 0 Å². The van der Waals surface area contributed by atoms with Crippen molar-refractivity contribution in [1.82, 2.24) is 5.32 Å². The monoisotopic (exact) mass is 141 g/mol. The third-order valence-electron chi connectivity index (χ3n) is 2.83. The van der Waals surface area contributed by atoms with Crippen LogP contribution < -0.4 is 5.32 Å². The lowest BCUT2D eigenvalue weighted by Crippen LogP contribution is -2.45. The van der Waals surface area contributed by atoms with Gasteiger partial charge in [-0.15, -0.1) is 0 Å². The maximum absolute atomic E-state index is 9.33. The smallest absolute Gasteiger partial charge is 0.101 e. The summed E-state index contributed by atoms with van der Waals surface area (Å²) in [5.41, 5.74) is 0. The molecule has 0 aliphatic carbocycles. The number of epoxide rings is 1. The van der Waals surface area contributed by atoms with Crippen LogP contribution in [0, 0.1) is 0 Å². The summed E-state index contributed by atoms with van der Waals surface area (Å²) in [6.07, 6.45) is 2.59. The molecule has 3 aliphatic rings. The second kappa shape index (κ2) is 1.55. The molecule has 56 valence electrons. The molecule has 3 unspecified atom stereocenters. The predicted octanol–water partition coefficient (Wildman–Crippen LogP) is -0.751. The molecule has 0 spiro atoms. The molecule has 3 aliphatic heterocycles. The van der Waals surface area contributed by atoms with E-state index in [1.807, 2.05) is 0 Å². The molecule has 3 rings (SSSR count). The Balaban J connectivity index is 1.87. The average Bonchev–Trinajstić information content (AvgIpc) is 2.59. The highest BCUT2D eigenvalue weighted by Crippen LogP contribution is 2.41. The minimum atomic E-state index is -0.0763. The van der Waals surface area contributed by atoms with Gasteiger partial charge in [-0.2, -0.15) is 0 Å². The van der Waals surface area contributed by atoms with Gasteiger partial charge in [0.05, 0.1) is 6.10 Å². The zero-order valence-electron chi connectivity index (χ0n) is 5.66. The van der Waals surface area contributed by atoms with Crippen LogP contribution in [0.4, 0.5) is 0 Å². The molecule has 0 amide bonds. The molecule has 3 saturated heterocycles. The Morgan fingerprint density at radius 2 is 1.80 bits per heavy atom. The van der Waals surface area contributed by atoms with Crippen molar-refractivity contribution in [1.29, 1.82) is 0 Å². The first-order valence-corrected chi connectivity index (χ1v) is 3.94. The average molecular weight is 141 g/mol. The third-order valence-corrected chi connectivity index (χ3v) is 2.83. The summed E-state index contributed by atoms with van der Waals surface area (Å²) in [5, 5.41) is 12.8. The minimum Gasteiger partial charge on any atom is -0.393 e. The number of fused-ring (bicyclic) bond motifs is 5. The molecule has 2 bridgehead atoms. The van der Waals surface area contributed by atoms with Gasteiger partial charge in [0.15, 0.2) is 0 Å². The first kappa shape index (κ1) is 5.52. The van der Waals surface area contributed by atoms with E-state index in [9.17, 15) is 5.11 Å². The number of aliphatic hydroxyl groups excluding tert-OH is 1. The summed E-state index contributed by atoms with van der Waals surface area (Å²) >= 11 is 0. The largest absolute Gasteiger partial charge is 0.393 e. The highest BCUT2D eigenvalue weighted by atomic mass is 16.6. The Morgan fingerprint density at radius 3 is 2.40 bits per heavy atom. The van der Waals surface area contributed by atoms with Crippen LogP contribution in [0.2, 0.25) is 0 Å². The Labute approximate surface area is 59.4 Å². The molecule has 3 heteroatoms. The van der Waals surface area contributed by atoms with Crippen LogP contribution in [0.5, 0.6) is 0 Å². The number of piperidine rings is 1. The maximum atomic E-state index is 9.33. The van der Waals surface area contributed by atoms with Gasteiger partial charge < -0.3 is 15.2 Å². The maximum Gasteiger partial charge on any atom is 0.101 e. The van der Waals surface area contributed by atoms with Crippen molar-refractivity contribution in [3.8, 4) is 0 Å². The molecule has 2 N–H and O–H groups in total. The van der Waals surface area contributed by atoms with Gasteiger partial charge in [0.2, 0.25) is 0 Å². The molecule has 3 fully saturated rings. The third kappa shape index (κ3) is 0.557. The van der Waals surface area contributed by atoms with Crippen molar-refractivity contribution < 1.29 is 9.84 Å². The molecule has 0 saturated carbocycles. The van der Waals surface area contributed by atoms with Gasteiger partial charge in [-0.3, -0.25) is 0 Å². The Hall–Kier alpha value is -0.120. The van der Waals surface area contributed by atoms with Crippen LogP contribution >= 0.6 is 0 Å². The van der Waals surface area contributed by atoms with Crippen LogP contribution in [0.15, 0.2) is 0 Å². The lowest BCUT2D eigenvalue weighted by molar-refractivity contribution is 0.0775. The zero-order chi connectivity index (χ0) is 6.72. The van der Waals surface area contributed by atoms with Gasteiger partial charge >= 0.3 is 0 Å². The van der Waals surface area contributed by atoms with E-state index in [4.69, 9.17) is 4.74 Å². The number of aliphatic hydroxyl groups is 1. The Kier molecular flexibility index (Phi) is 0.854. The SMILES string of the molecule is OC1CC2NC(C1)[C@@H]1O[C@H]21.